The van der Waals surface area contributed by atoms with E-state index in [2.05, 4.69) is 0 Å². The number of hydrogen-bond acceptors (Lipinski definition) is 2. The van der Waals surface area contributed by atoms with E-state index in [1.165, 1.54) is 12.1 Å². The Kier molecular flexibility index (Phi) is 5.96. The molecule has 2 aromatic rings. The summed E-state index contributed by atoms with van der Waals surface area (Å²) in [6.45, 7) is 0. The van der Waals surface area contributed by atoms with Crippen LogP contribution in [0.15, 0.2) is 60.7 Å². The second-order valence-electron chi connectivity index (χ2n) is 4.42. The summed E-state index contributed by atoms with van der Waals surface area (Å²) < 4.78 is 58.1. The van der Waals surface area contributed by atoms with Gasteiger partial charge in [-0.1, -0.05) is 48.5 Å². The lowest BCUT2D eigenvalue weighted by atomic mass is 10.1. The van der Waals surface area contributed by atoms with Crippen LogP contribution in [0.4, 0.5) is 13.2 Å². The van der Waals surface area contributed by atoms with Crippen LogP contribution in [-0.2, 0) is 21.8 Å². The lowest BCUT2D eigenvalue weighted by Gasteiger charge is -2.06. The molecule has 114 valence electrons. The predicted octanol–water partition coefficient (Wildman–Crippen LogP) is 3.94. The number of alkyl halides is 3. The van der Waals surface area contributed by atoms with Gasteiger partial charge in [-0.2, -0.15) is 13.2 Å². The Bertz CT molecular complexity index is 606. The van der Waals surface area contributed by atoms with E-state index < -0.39 is 21.6 Å². The lowest BCUT2D eigenvalue weighted by Crippen LogP contribution is -2.05. The van der Waals surface area contributed by atoms with E-state index in [0.29, 0.717) is 5.56 Å². The first-order valence-corrected chi connectivity index (χ1v) is 8.08. The zero-order valence-corrected chi connectivity index (χ0v) is 12.2. The summed E-state index contributed by atoms with van der Waals surface area (Å²) in [5.74, 6) is -0.245. The van der Waals surface area contributed by atoms with Crippen LogP contribution in [0.2, 0.25) is 0 Å². The Morgan fingerprint density at radius 3 is 1.52 bits per heavy atom. The largest absolute Gasteiger partial charge is 0.416 e. The van der Waals surface area contributed by atoms with Crippen LogP contribution in [-0.4, -0.2) is 14.7 Å². The predicted molar refractivity (Wildman–Crippen MR) is 76.4 cm³/mol. The van der Waals surface area contributed by atoms with Crippen molar-refractivity contribution in [2.45, 2.75) is 11.9 Å². The zero-order valence-electron chi connectivity index (χ0n) is 11.3. The van der Waals surface area contributed by atoms with Gasteiger partial charge in [0, 0.05) is 6.26 Å². The first-order valence-electron chi connectivity index (χ1n) is 6.02. The molecule has 0 aliphatic rings. The molecule has 0 heterocycles. The van der Waals surface area contributed by atoms with Gasteiger partial charge in [0.15, 0.2) is 9.84 Å². The Balaban J connectivity index is 0.000000304. The van der Waals surface area contributed by atoms with Gasteiger partial charge in [0.2, 0.25) is 0 Å². The van der Waals surface area contributed by atoms with E-state index in [1.807, 2.05) is 36.4 Å². The molecular weight excluding hydrogens is 301 g/mol. The van der Waals surface area contributed by atoms with Gasteiger partial charge in [-0.15, -0.1) is 0 Å². The fourth-order valence-electron chi connectivity index (χ4n) is 1.48. The smallest absolute Gasteiger partial charge is 0.229 e. The van der Waals surface area contributed by atoms with Crippen molar-refractivity contribution in [3.8, 4) is 0 Å². The topological polar surface area (TPSA) is 34.1 Å². The number of halogens is 3. The molecule has 0 aliphatic carbocycles. The highest BCUT2D eigenvalue weighted by atomic mass is 32.2. The minimum atomic E-state index is -4.39. The van der Waals surface area contributed by atoms with Gasteiger partial charge in [-0.05, 0) is 17.7 Å². The van der Waals surface area contributed by atoms with Crippen molar-refractivity contribution in [3.05, 3.63) is 71.8 Å². The summed E-state index contributed by atoms with van der Waals surface area (Å²) in [6.07, 6.45) is -3.35. The third kappa shape index (κ3) is 7.51. The molecule has 0 amide bonds. The summed E-state index contributed by atoms with van der Waals surface area (Å²) in [6, 6.07) is 16.1. The molecule has 0 aliphatic heterocycles. The van der Waals surface area contributed by atoms with E-state index >= 15 is 0 Å². The average Bonchev–Trinajstić information content (AvgIpc) is 2.39. The van der Waals surface area contributed by atoms with Crippen LogP contribution >= 0.6 is 0 Å². The molecule has 0 N–H and O–H groups in total. The second kappa shape index (κ2) is 7.26. The maximum Gasteiger partial charge on any atom is 0.416 e. The highest BCUT2D eigenvalue weighted by molar-refractivity contribution is 7.89. The van der Waals surface area contributed by atoms with Crippen LogP contribution in [0, 0.1) is 0 Å². The van der Waals surface area contributed by atoms with E-state index in [0.717, 1.165) is 18.4 Å². The van der Waals surface area contributed by atoms with Crippen LogP contribution in [0.25, 0.3) is 0 Å². The van der Waals surface area contributed by atoms with E-state index in [1.54, 1.807) is 0 Å². The SMILES string of the molecule is CS(=O)(=O)Cc1ccc(C(F)(F)F)cc1.c1ccccc1. The monoisotopic (exact) mass is 316 g/mol. The summed E-state index contributed by atoms with van der Waals surface area (Å²) in [5.41, 5.74) is -0.426. The first kappa shape index (κ1) is 17.2. The van der Waals surface area contributed by atoms with Crippen molar-refractivity contribution in [1.29, 1.82) is 0 Å². The Morgan fingerprint density at radius 2 is 1.24 bits per heavy atom. The molecule has 0 spiro atoms. The molecular formula is C15H15F3O2S. The van der Waals surface area contributed by atoms with Crippen LogP contribution in [0.1, 0.15) is 11.1 Å². The third-order valence-electron chi connectivity index (χ3n) is 2.38. The standard InChI is InChI=1S/C9H9F3O2S.C6H6/c1-15(13,14)6-7-2-4-8(5-3-7)9(10,11)12;1-2-4-6-5-3-1/h2-5H,6H2,1H3;1-6H. The summed E-state index contributed by atoms with van der Waals surface area (Å²) >= 11 is 0. The van der Waals surface area contributed by atoms with Crippen LogP contribution < -0.4 is 0 Å². The Morgan fingerprint density at radius 1 is 0.857 bits per heavy atom. The van der Waals surface area contributed by atoms with E-state index in [-0.39, 0.29) is 5.75 Å². The van der Waals surface area contributed by atoms with Crippen molar-refractivity contribution < 1.29 is 21.6 Å². The molecule has 0 atom stereocenters. The number of rotatable bonds is 2. The number of hydrogen-bond donors (Lipinski definition) is 0. The lowest BCUT2D eigenvalue weighted by molar-refractivity contribution is -0.137. The summed E-state index contributed by atoms with van der Waals surface area (Å²) in [4.78, 5) is 0. The quantitative estimate of drug-likeness (QED) is 0.841. The Hall–Kier alpha value is -1.82. The highest BCUT2D eigenvalue weighted by Gasteiger charge is 2.29. The molecule has 0 fully saturated rings. The van der Waals surface area contributed by atoms with Gasteiger partial charge < -0.3 is 0 Å². The fraction of sp³-hybridized carbons (Fsp3) is 0.200. The normalized spacial score (nSPS) is 11.4. The molecule has 0 aromatic heterocycles. The number of sulfone groups is 1. The second-order valence-corrected chi connectivity index (χ2v) is 6.56. The fourth-order valence-corrected chi connectivity index (χ4v) is 2.28. The van der Waals surface area contributed by atoms with Crippen LogP contribution in [0.5, 0.6) is 0 Å². The van der Waals surface area contributed by atoms with Gasteiger partial charge in [0.1, 0.15) is 0 Å². The maximum atomic E-state index is 12.1. The molecule has 2 nitrogen and oxygen atoms in total. The van der Waals surface area contributed by atoms with Crippen molar-refractivity contribution in [2.75, 3.05) is 6.26 Å². The molecule has 0 saturated heterocycles. The van der Waals surface area contributed by atoms with Gasteiger partial charge in [-0.3, -0.25) is 0 Å². The molecule has 2 rings (SSSR count). The van der Waals surface area contributed by atoms with Gasteiger partial charge in [-0.25, -0.2) is 8.42 Å². The minimum Gasteiger partial charge on any atom is -0.229 e. The molecule has 21 heavy (non-hydrogen) atoms. The molecule has 0 saturated carbocycles. The number of benzene rings is 2. The first-order chi connectivity index (χ1) is 9.68. The van der Waals surface area contributed by atoms with Crippen molar-refractivity contribution in [1.82, 2.24) is 0 Å². The van der Waals surface area contributed by atoms with Crippen molar-refractivity contribution in [3.63, 3.8) is 0 Å². The van der Waals surface area contributed by atoms with E-state index in [9.17, 15) is 21.6 Å². The molecule has 0 unspecified atom stereocenters. The van der Waals surface area contributed by atoms with Crippen molar-refractivity contribution in [2.24, 2.45) is 0 Å². The highest BCUT2D eigenvalue weighted by Crippen LogP contribution is 2.29. The van der Waals surface area contributed by atoms with E-state index in [4.69, 9.17) is 0 Å². The summed E-state index contributed by atoms with van der Waals surface area (Å²) in [7, 11) is -3.21. The van der Waals surface area contributed by atoms with Crippen LogP contribution in [0.3, 0.4) is 0 Å². The minimum absolute atomic E-state index is 0.245. The molecule has 6 heteroatoms. The van der Waals surface area contributed by atoms with Gasteiger partial charge in [0.05, 0.1) is 11.3 Å². The zero-order chi connectivity index (χ0) is 15.9. The van der Waals surface area contributed by atoms with Gasteiger partial charge >= 0.3 is 6.18 Å². The maximum absolute atomic E-state index is 12.1. The van der Waals surface area contributed by atoms with Crippen molar-refractivity contribution >= 4 is 9.84 Å². The average molecular weight is 316 g/mol. The molecule has 0 bridgehead atoms. The summed E-state index contributed by atoms with van der Waals surface area (Å²) in [5, 5.41) is 0. The van der Waals surface area contributed by atoms with Gasteiger partial charge in [0.25, 0.3) is 0 Å². The Labute approximate surface area is 122 Å². The third-order valence-corrected chi connectivity index (χ3v) is 3.23. The molecule has 0 radical (unpaired) electrons. The molecule has 2 aromatic carbocycles.